The maximum atomic E-state index is 5.42. The van der Waals surface area contributed by atoms with E-state index < -0.39 is 0 Å². The molecule has 86 valence electrons. The lowest BCUT2D eigenvalue weighted by molar-refractivity contribution is 0.0164. The molecule has 3 heteroatoms. The van der Waals surface area contributed by atoms with Gasteiger partial charge in [0.15, 0.2) is 0 Å². The fourth-order valence-electron chi connectivity index (χ4n) is 2.86. The zero-order valence-corrected chi connectivity index (χ0v) is 10.9. The third-order valence-corrected chi connectivity index (χ3v) is 4.41. The van der Waals surface area contributed by atoms with Gasteiger partial charge < -0.3 is 4.74 Å². The van der Waals surface area contributed by atoms with Crippen LogP contribution in [0.2, 0.25) is 0 Å². The van der Waals surface area contributed by atoms with Crippen molar-refractivity contribution < 1.29 is 4.74 Å². The van der Waals surface area contributed by atoms with Crippen LogP contribution >= 0.6 is 15.9 Å². The van der Waals surface area contributed by atoms with Crippen LogP contribution in [0, 0.1) is 0 Å². The van der Waals surface area contributed by atoms with Crippen molar-refractivity contribution in [2.75, 3.05) is 26.3 Å². The molecular formula is C13H16BrNO. The molecule has 2 nitrogen and oxygen atoms in total. The Morgan fingerprint density at radius 3 is 2.88 bits per heavy atom. The van der Waals surface area contributed by atoms with Crippen LogP contribution in [-0.2, 0) is 11.2 Å². The zero-order chi connectivity index (χ0) is 11.0. The van der Waals surface area contributed by atoms with Gasteiger partial charge in [0.1, 0.15) is 0 Å². The lowest BCUT2D eigenvalue weighted by Crippen LogP contribution is -2.38. The van der Waals surface area contributed by atoms with E-state index in [9.17, 15) is 0 Å². The topological polar surface area (TPSA) is 12.5 Å². The highest BCUT2D eigenvalue weighted by atomic mass is 79.9. The smallest absolute Gasteiger partial charge is 0.0594 e. The van der Waals surface area contributed by atoms with Crippen molar-refractivity contribution in [1.82, 2.24) is 4.90 Å². The summed E-state index contributed by atoms with van der Waals surface area (Å²) in [4.78, 5) is 2.57. The zero-order valence-electron chi connectivity index (χ0n) is 9.29. The summed E-state index contributed by atoms with van der Waals surface area (Å²) in [6, 6.07) is 7.21. The molecule has 1 aromatic rings. The van der Waals surface area contributed by atoms with E-state index in [1.165, 1.54) is 28.4 Å². The Morgan fingerprint density at radius 2 is 2.06 bits per heavy atom. The summed E-state index contributed by atoms with van der Waals surface area (Å²) in [7, 11) is 0. The van der Waals surface area contributed by atoms with Gasteiger partial charge in [-0.05, 0) is 30.0 Å². The predicted molar refractivity (Wildman–Crippen MR) is 67.6 cm³/mol. The molecule has 0 saturated carbocycles. The van der Waals surface area contributed by atoms with Gasteiger partial charge in [0.25, 0.3) is 0 Å². The van der Waals surface area contributed by atoms with E-state index in [4.69, 9.17) is 4.74 Å². The number of hydrogen-bond donors (Lipinski definition) is 0. The molecule has 16 heavy (non-hydrogen) atoms. The number of benzene rings is 1. The van der Waals surface area contributed by atoms with E-state index in [0.717, 1.165) is 26.3 Å². The summed E-state index contributed by atoms with van der Waals surface area (Å²) in [5, 5.41) is 0. The number of nitrogens with zero attached hydrogens (tertiary/aromatic N) is 1. The SMILES string of the molecule is Brc1cccc2c1CCC2N1CCOCC1. The Morgan fingerprint density at radius 1 is 1.25 bits per heavy atom. The highest BCUT2D eigenvalue weighted by Crippen LogP contribution is 2.39. The van der Waals surface area contributed by atoms with Gasteiger partial charge in [0, 0.05) is 23.6 Å². The first-order valence-electron chi connectivity index (χ1n) is 5.95. The maximum Gasteiger partial charge on any atom is 0.0594 e. The Balaban J connectivity index is 1.87. The van der Waals surface area contributed by atoms with Crippen LogP contribution in [0.5, 0.6) is 0 Å². The molecule has 1 fully saturated rings. The number of rotatable bonds is 1. The number of morpholine rings is 1. The van der Waals surface area contributed by atoms with Crippen molar-refractivity contribution in [2.24, 2.45) is 0 Å². The van der Waals surface area contributed by atoms with Crippen LogP contribution in [0.4, 0.5) is 0 Å². The van der Waals surface area contributed by atoms with Gasteiger partial charge in [-0.25, -0.2) is 0 Å². The van der Waals surface area contributed by atoms with Gasteiger partial charge in [-0.1, -0.05) is 28.1 Å². The monoisotopic (exact) mass is 281 g/mol. The molecule has 2 aliphatic rings. The average Bonchev–Trinajstić information content (AvgIpc) is 2.75. The van der Waals surface area contributed by atoms with Crippen molar-refractivity contribution in [3.63, 3.8) is 0 Å². The second kappa shape index (κ2) is 4.47. The van der Waals surface area contributed by atoms with E-state index in [0.29, 0.717) is 6.04 Å². The molecule has 0 N–H and O–H groups in total. The largest absolute Gasteiger partial charge is 0.379 e. The van der Waals surface area contributed by atoms with Crippen LogP contribution in [0.1, 0.15) is 23.6 Å². The fraction of sp³-hybridized carbons (Fsp3) is 0.538. The van der Waals surface area contributed by atoms with Crippen molar-refractivity contribution >= 4 is 15.9 Å². The minimum atomic E-state index is 0.622. The van der Waals surface area contributed by atoms with Crippen LogP contribution in [0.15, 0.2) is 22.7 Å². The van der Waals surface area contributed by atoms with Crippen LogP contribution < -0.4 is 0 Å². The second-order valence-electron chi connectivity index (χ2n) is 4.51. The summed E-state index contributed by atoms with van der Waals surface area (Å²) in [5.41, 5.74) is 3.04. The molecule has 1 aromatic carbocycles. The first kappa shape index (κ1) is 10.8. The summed E-state index contributed by atoms with van der Waals surface area (Å²) in [5.74, 6) is 0. The molecule has 1 aliphatic carbocycles. The van der Waals surface area contributed by atoms with E-state index in [-0.39, 0.29) is 0 Å². The van der Waals surface area contributed by atoms with Crippen LogP contribution in [0.25, 0.3) is 0 Å². The third-order valence-electron chi connectivity index (χ3n) is 3.67. The average molecular weight is 282 g/mol. The Hall–Kier alpha value is -0.380. The second-order valence-corrected chi connectivity index (χ2v) is 5.36. The van der Waals surface area contributed by atoms with Gasteiger partial charge in [0.05, 0.1) is 13.2 Å². The van der Waals surface area contributed by atoms with E-state index >= 15 is 0 Å². The summed E-state index contributed by atoms with van der Waals surface area (Å²) in [6.07, 6.45) is 2.47. The quantitative estimate of drug-likeness (QED) is 0.785. The van der Waals surface area contributed by atoms with Crippen LogP contribution in [0.3, 0.4) is 0 Å². The molecule has 1 atom stereocenters. The Bertz CT molecular complexity index is 388. The standard InChI is InChI=1S/C13H16BrNO/c14-12-3-1-2-11-10(12)4-5-13(11)15-6-8-16-9-7-15/h1-3,13H,4-9H2. The predicted octanol–water partition coefficient (Wildman–Crippen LogP) is 2.77. The van der Waals surface area contributed by atoms with Crippen molar-refractivity contribution in [1.29, 1.82) is 0 Å². The minimum Gasteiger partial charge on any atom is -0.379 e. The summed E-state index contributed by atoms with van der Waals surface area (Å²) < 4.78 is 6.70. The maximum absolute atomic E-state index is 5.42. The molecule has 1 unspecified atom stereocenters. The third kappa shape index (κ3) is 1.81. The van der Waals surface area contributed by atoms with Crippen molar-refractivity contribution in [2.45, 2.75) is 18.9 Å². The van der Waals surface area contributed by atoms with E-state index in [1.54, 1.807) is 0 Å². The van der Waals surface area contributed by atoms with Crippen LogP contribution in [-0.4, -0.2) is 31.2 Å². The van der Waals surface area contributed by atoms with Gasteiger partial charge in [-0.2, -0.15) is 0 Å². The molecule has 1 heterocycles. The first-order valence-corrected chi connectivity index (χ1v) is 6.74. The minimum absolute atomic E-state index is 0.622. The Kier molecular flexibility index (Phi) is 3.01. The van der Waals surface area contributed by atoms with Crippen molar-refractivity contribution in [3.05, 3.63) is 33.8 Å². The Labute approximate surface area is 105 Å². The summed E-state index contributed by atoms with van der Waals surface area (Å²) >= 11 is 3.66. The highest BCUT2D eigenvalue weighted by molar-refractivity contribution is 9.10. The number of halogens is 1. The molecule has 1 aliphatic heterocycles. The lowest BCUT2D eigenvalue weighted by Gasteiger charge is -2.32. The molecule has 0 radical (unpaired) electrons. The number of fused-ring (bicyclic) bond motifs is 1. The van der Waals surface area contributed by atoms with Gasteiger partial charge >= 0.3 is 0 Å². The number of ether oxygens (including phenoxy) is 1. The van der Waals surface area contributed by atoms with Gasteiger partial charge in [-0.15, -0.1) is 0 Å². The molecule has 0 amide bonds. The van der Waals surface area contributed by atoms with Crippen molar-refractivity contribution in [3.8, 4) is 0 Å². The molecule has 3 rings (SSSR count). The van der Waals surface area contributed by atoms with Gasteiger partial charge in [-0.3, -0.25) is 4.90 Å². The first-order chi connectivity index (χ1) is 7.86. The number of hydrogen-bond acceptors (Lipinski definition) is 2. The van der Waals surface area contributed by atoms with Gasteiger partial charge in [0.2, 0.25) is 0 Å². The normalized spacial score (nSPS) is 25.7. The van der Waals surface area contributed by atoms with E-state index in [1.807, 2.05) is 0 Å². The summed E-state index contributed by atoms with van der Waals surface area (Å²) in [6.45, 7) is 3.94. The molecule has 0 spiro atoms. The molecule has 0 aromatic heterocycles. The lowest BCUT2D eigenvalue weighted by atomic mass is 10.1. The molecule has 1 saturated heterocycles. The highest BCUT2D eigenvalue weighted by Gasteiger charge is 2.29. The fourth-order valence-corrected chi connectivity index (χ4v) is 3.44. The molecule has 0 bridgehead atoms. The van der Waals surface area contributed by atoms with E-state index in [2.05, 4.69) is 39.0 Å². The molecular weight excluding hydrogens is 266 g/mol.